The molecule has 2 aromatic heterocycles. The second kappa shape index (κ2) is 14.4. The van der Waals surface area contributed by atoms with Crippen LogP contribution in [-0.4, -0.2) is 9.97 Å². The summed E-state index contributed by atoms with van der Waals surface area (Å²) in [5.41, 5.74) is 13.9. The Labute approximate surface area is 370 Å². The summed E-state index contributed by atoms with van der Waals surface area (Å²) in [6.07, 6.45) is 9.49. The van der Waals surface area contributed by atoms with Gasteiger partial charge in [0.25, 0.3) is 0 Å². The molecule has 302 valence electrons. The van der Waals surface area contributed by atoms with E-state index in [9.17, 15) is 0 Å². The molecule has 13 rings (SSSR count). The van der Waals surface area contributed by atoms with Crippen molar-refractivity contribution in [2.75, 3.05) is 0 Å². The molecule has 0 radical (unpaired) electrons. The Morgan fingerprint density at radius 2 is 1.17 bits per heavy atom. The molecular formula is C59H38N2O3. The van der Waals surface area contributed by atoms with E-state index in [4.69, 9.17) is 23.9 Å². The summed E-state index contributed by atoms with van der Waals surface area (Å²) in [6, 6.07) is 65.9. The molecule has 3 aliphatic rings. The number of hydrogen-bond acceptors (Lipinski definition) is 5. The molecule has 10 aromatic rings. The highest BCUT2D eigenvalue weighted by Gasteiger charge is 2.48. The maximum Gasteiger partial charge on any atom is 0.178 e. The number of rotatable bonds is 6. The van der Waals surface area contributed by atoms with E-state index in [0.29, 0.717) is 23.1 Å². The maximum absolute atomic E-state index is 7.01. The van der Waals surface area contributed by atoms with Gasteiger partial charge in [0, 0.05) is 38.9 Å². The van der Waals surface area contributed by atoms with E-state index in [1.807, 2.05) is 30.3 Å². The fourth-order valence-electron chi connectivity index (χ4n) is 10.2. The molecular weight excluding hydrogens is 785 g/mol. The summed E-state index contributed by atoms with van der Waals surface area (Å²) in [6.45, 7) is 0. The molecule has 1 atom stereocenters. The molecule has 3 heterocycles. The van der Waals surface area contributed by atoms with E-state index in [-0.39, 0.29) is 5.92 Å². The Balaban J connectivity index is 0.876. The van der Waals surface area contributed by atoms with Crippen LogP contribution in [0.3, 0.4) is 0 Å². The Bertz CT molecular complexity index is 3490. The third-order valence-corrected chi connectivity index (χ3v) is 13.2. The van der Waals surface area contributed by atoms with Crippen LogP contribution in [0.2, 0.25) is 0 Å². The third-order valence-electron chi connectivity index (χ3n) is 13.2. The van der Waals surface area contributed by atoms with Crippen molar-refractivity contribution in [3.05, 3.63) is 240 Å². The first kappa shape index (κ1) is 36.4. The van der Waals surface area contributed by atoms with Crippen LogP contribution in [0.15, 0.2) is 217 Å². The Morgan fingerprint density at radius 1 is 0.484 bits per heavy atom. The lowest BCUT2D eigenvalue weighted by Crippen LogP contribution is -2.28. The molecule has 0 saturated carbocycles. The zero-order chi connectivity index (χ0) is 42.2. The highest BCUT2D eigenvalue weighted by Crippen LogP contribution is 2.62. The van der Waals surface area contributed by atoms with Crippen LogP contribution in [0.5, 0.6) is 23.0 Å². The number of hydrogen-bond donors (Lipinski definition) is 0. The number of allylic oxidation sites excluding steroid dienone is 4. The van der Waals surface area contributed by atoms with Crippen LogP contribution in [0.25, 0.3) is 66.8 Å². The van der Waals surface area contributed by atoms with Crippen LogP contribution in [-0.2, 0) is 5.41 Å². The number of ether oxygens (including phenoxy) is 2. The maximum atomic E-state index is 7.01. The number of para-hydroxylation sites is 2. The lowest BCUT2D eigenvalue weighted by atomic mass is 9.68. The first-order chi connectivity index (χ1) is 31.7. The van der Waals surface area contributed by atoms with Crippen molar-refractivity contribution in [3.63, 3.8) is 0 Å². The highest BCUT2D eigenvalue weighted by molar-refractivity contribution is 6.05. The van der Waals surface area contributed by atoms with Gasteiger partial charge in [0.2, 0.25) is 0 Å². The standard InChI is InChI=1S/C59H38N2O3/c1-4-15-38(16-5-1)49-36-50(40-31-32-45-44-21-11-13-25-51(44)62-54(45)35-40)61-58(60-49)39-29-27-37(28-30-39)43-23-14-26-52-56(43)63-53-34-33-48-55(57(53)64-52)46-22-10-12-24-47(46)59(48,41-17-6-2-7-18-41)42-19-8-3-9-20-42/h1-15,17-36,38H,16H2. The fourth-order valence-corrected chi connectivity index (χ4v) is 10.2. The summed E-state index contributed by atoms with van der Waals surface area (Å²) < 4.78 is 20.2. The molecule has 0 amide bonds. The van der Waals surface area contributed by atoms with Gasteiger partial charge < -0.3 is 13.9 Å². The first-order valence-electron chi connectivity index (χ1n) is 21.8. The topological polar surface area (TPSA) is 57.4 Å². The minimum absolute atomic E-state index is 0.151. The van der Waals surface area contributed by atoms with Gasteiger partial charge in [-0.2, -0.15) is 0 Å². The van der Waals surface area contributed by atoms with Crippen LogP contribution in [0.1, 0.15) is 40.3 Å². The summed E-state index contributed by atoms with van der Waals surface area (Å²) in [7, 11) is 0. The largest absolute Gasteiger partial charge is 0.456 e. The van der Waals surface area contributed by atoms with Gasteiger partial charge in [-0.3, -0.25) is 0 Å². The second-order valence-corrected chi connectivity index (χ2v) is 16.7. The van der Waals surface area contributed by atoms with Crippen LogP contribution in [0.4, 0.5) is 0 Å². The zero-order valence-electron chi connectivity index (χ0n) is 34.6. The van der Waals surface area contributed by atoms with Crippen molar-refractivity contribution >= 4 is 21.9 Å². The van der Waals surface area contributed by atoms with Gasteiger partial charge in [-0.25, -0.2) is 9.97 Å². The smallest absolute Gasteiger partial charge is 0.178 e. The molecule has 5 heteroatoms. The molecule has 0 saturated heterocycles. The number of furan rings is 1. The molecule has 1 aliphatic heterocycles. The van der Waals surface area contributed by atoms with Gasteiger partial charge in [-0.15, -0.1) is 0 Å². The van der Waals surface area contributed by atoms with E-state index in [2.05, 4.69) is 182 Å². The van der Waals surface area contributed by atoms with E-state index in [1.165, 1.54) is 22.3 Å². The summed E-state index contributed by atoms with van der Waals surface area (Å²) in [4.78, 5) is 10.4. The van der Waals surface area contributed by atoms with Crippen molar-refractivity contribution in [1.82, 2.24) is 9.97 Å². The Hall–Kier alpha value is -8.28. The molecule has 5 nitrogen and oxygen atoms in total. The van der Waals surface area contributed by atoms with E-state index >= 15 is 0 Å². The third kappa shape index (κ3) is 5.57. The van der Waals surface area contributed by atoms with Gasteiger partial charge in [-0.05, 0) is 76.2 Å². The SMILES string of the molecule is C1=CCC(c2cc(-c3ccc4c(c3)oc3ccccc34)nc(-c3ccc(-c4cccc5c4Oc4ccc6c(c4O5)-c4ccccc4C6(c4ccccc4)c4ccccc4)cc3)n2)C=C1. The molecule has 64 heavy (non-hydrogen) atoms. The van der Waals surface area contributed by atoms with Crippen LogP contribution < -0.4 is 9.47 Å². The lowest BCUT2D eigenvalue weighted by Gasteiger charge is -2.34. The average Bonchev–Trinajstić information content (AvgIpc) is 3.90. The second-order valence-electron chi connectivity index (χ2n) is 16.7. The zero-order valence-corrected chi connectivity index (χ0v) is 34.6. The monoisotopic (exact) mass is 822 g/mol. The van der Waals surface area contributed by atoms with Crippen molar-refractivity contribution in [2.45, 2.75) is 17.8 Å². The summed E-state index contributed by atoms with van der Waals surface area (Å²) in [5, 5.41) is 2.20. The van der Waals surface area contributed by atoms with Crippen molar-refractivity contribution in [3.8, 4) is 67.9 Å². The predicted molar refractivity (Wildman–Crippen MR) is 255 cm³/mol. The number of nitrogens with zero attached hydrogens (tertiary/aromatic N) is 2. The van der Waals surface area contributed by atoms with Crippen LogP contribution in [0, 0.1) is 0 Å². The van der Waals surface area contributed by atoms with E-state index in [1.54, 1.807) is 0 Å². The molecule has 1 unspecified atom stereocenters. The van der Waals surface area contributed by atoms with Gasteiger partial charge in [0.05, 0.1) is 16.8 Å². The molecule has 0 N–H and O–H groups in total. The van der Waals surface area contributed by atoms with Gasteiger partial charge in [0.15, 0.2) is 28.8 Å². The predicted octanol–water partition coefficient (Wildman–Crippen LogP) is 15.2. The van der Waals surface area contributed by atoms with Crippen molar-refractivity contribution < 1.29 is 13.9 Å². The quantitative estimate of drug-likeness (QED) is 0.167. The first-order valence-corrected chi connectivity index (χ1v) is 21.8. The molecule has 0 bridgehead atoms. The average molecular weight is 823 g/mol. The summed E-state index contributed by atoms with van der Waals surface area (Å²) in [5.74, 6) is 3.60. The molecule has 2 aliphatic carbocycles. The normalized spacial score (nSPS) is 15.2. The van der Waals surface area contributed by atoms with Crippen molar-refractivity contribution in [1.29, 1.82) is 0 Å². The lowest BCUT2D eigenvalue weighted by molar-refractivity contribution is 0.361. The summed E-state index contributed by atoms with van der Waals surface area (Å²) >= 11 is 0. The Morgan fingerprint density at radius 3 is 1.98 bits per heavy atom. The van der Waals surface area contributed by atoms with Crippen molar-refractivity contribution in [2.24, 2.45) is 0 Å². The number of fused-ring (bicyclic) bond motifs is 9. The Kier molecular flexibility index (Phi) is 8.19. The minimum Gasteiger partial charge on any atom is -0.456 e. The van der Waals surface area contributed by atoms with Crippen LogP contribution >= 0.6 is 0 Å². The molecule has 8 aromatic carbocycles. The molecule has 0 spiro atoms. The number of benzene rings is 8. The molecule has 0 fully saturated rings. The van der Waals surface area contributed by atoms with Gasteiger partial charge >= 0.3 is 0 Å². The van der Waals surface area contributed by atoms with Gasteiger partial charge in [-0.1, -0.05) is 176 Å². The van der Waals surface area contributed by atoms with E-state index < -0.39 is 5.41 Å². The highest BCUT2D eigenvalue weighted by atomic mass is 16.6. The fraction of sp³-hybridized carbons (Fsp3) is 0.0508. The van der Waals surface area contributed by atoms with Gasteiger partial charge in [0.1, 0.15) is 11.2 Å². The van der Waals surface area contributed by atoms with E-state index in [0.717, 1.165) is 78.9 Å². The minimum atomic E-state index is -0.535. The number of aromatic nitrogens is 2.